The first kappa shape index (κ1) is 18.4. The van der Waals surface area contributed by atoms with Crippen LogP contribution in [0, 0.1) is 0 Å². The molecule has 0 spiro atoms. The van der Waals surface area contributed by atoms with E-state index in [9.17, 15) is 14.4 Å². The Morgan fingerprint density at radius 3 is 2.34 bits per heavy atom. The van der Waals surface area contributed by atoms with Gasteiger partial charge in [-0.15, -0.1) is 0 Å². The van der Waals surface area contributed by atoms with Crippen LogP contribution in [0.5, 0.6) is 0 Å². The minimum absolute atomic E-state index is 0.0698. The molecule has 0 unspecified atom stereocenters. The van der Waals surface area contributed by atoms with E-state index in [1.54, 1.807) is 60.7 Å². The minimum Gasteiger partial charge on any atom is -0.422 e. The van der Waals surface area contributed by atoms with Gasteiger partial charge in [-0.2, -0.15) is 0 Å². The van der Waals surface area contributed by atoms with Crippen LogP contribution in [0.1, 0.15) is 27.6 Å². The zero-order chi connectivity index (χ0) is 20.4. The maximum atomic E-state index is 12.5. The molecule has 5 heteroatoms. The number of nitrogens with one attached hydrogen (secondary N) is 1. The molecule has 1 aromatic heterocycles. The van der Waals surface area contributed by atoms with Crippen molar-refractivity contribution in [2.75, 3.05) is 5.32 Å². The summed E-state index contributed by atoms with van der Waals surface area (Å²) in [5.74, 6) is -0.373. The fourth-order valence-electron chi connectivity index (χ4n) is 3.08. The molecule has 142 valence electrons. The molecule has 0 radical (unpaired) electrons. The van der Waals surface area contributed by atoms with Crippen molar-refractivity contribution in [3.8, 4) is 11.1 Å². The standard InChI is InChI=1S/C24H17NO4/c1-15(26)18-6-4-7-20(13-18)25-23(27)17-11-9-16(10-12-17)21-14-19-5-2-3-8-22(19)29-24(21)28/h2-14H,1H3,(H,25,27). The molecule has 0 aliphatic rings. The van der Waals surface area contributed by atoms with Crippen molar-refractivity contribution in [2.45, 2.75) is 6.92 Å². The average molecular weight is 383 g/mol. The van der Waals surface area contributed by atoms with Crippen LogP contribution in [0.15, 0.2) is 88.1 Å². The molecular weight excluding hydrogens is 366 g/mol. The van der Waals surface area contributed by atoms with Crippen LogP contribution in [-0.2, 0) is 0 Å². The number of benzene rings is 3. The third kappa shape index (κ3) is 3.84. The first-order valence-corrected chi connectivity index (χ1v) is 9.07. The Kier molecular flexibility index (Phi) is 4.79. The molecule has 0 atom stereocenters. The molecule has 5 nitrogen and oxygen atoms in total. The molecule has 1 N–H and O–H groups in total. The van der Waals surface area contributed by atoms with Gasteiger partial charge in [-0.25, -0.2) is 4.79 Å². The van der Waals surface area contributed by atoms with E-state index in [0.29, 0.717) is 33.5 Å². The lowest BCUT2D eigenvalue weighted by atomic mass is 10.0. The van der Waals surface area contributed by atoms with Crippen molar-refractivity contribution in [3.05, 3.63) is 100 Å². The van der Waals surface area contributed by atoms with Crippen molar-refractivity contribution >= 4 is 28.3 Å². The van der Waals surface area contributed by atoms with Crippen LogP contribution < -0.4 is 10.9 Å². The number of hydrogen-bond acceptors (Lipinski definition) is 4. The van der Waals surface area contributed by atoms with Crippen molar-refractivity contribution in [1.82, 2.24) is 0 Å². The Hall–Kier alpha value is -3.99. The quantitative estimate of drug-likeness (QED) is 0.401. The van der Waals surface area contributed by atoms with Crippen LogP contribution in [0.4, 0.5) is 5.69 Å². The summed E-state index contributed by atoms with van der Waals surface area (Å²) < 4.78 is 5.37. The summed E-state index contributed by atoms with van der Waals surface area (Å²) in [6.45, 7) is 1.48. The summed E-state index contributed by atoms with van der Waals surface area (Å²) in [4.78, 5) is 36.3. The Labute approximate surface area is 166 Å². The maximum Gasteiger partial charge on any atom is 0.344 e. The highest BCUT2D eigenvalue weighted by molar-refractivity contribution is 6.05. The number of Topliss-reactive ketones (excluding diaryl/α,β-unsaturated/α-hetero) is 1. The Morgan fingerprint density at radius 1 is 0.828 bits per heavy atom. The number of fused-ring (bicyclic) bond motifs is 1. The SMILES string of the molecule is CC(=O)c1cccc(NC(=O)c2ccc(-c3cc4ccccc4oc3=O)cc2)c1. The normalized spacial score (nSPS) is 10.7. The number of para-hydroxylation sites is 1. The Bertz CT molecular complexity index is 1290. The predicted octanol–water partition coefficient (Wildman–Crippen LogP) is 4.91. The van der Waals surface area contributed by atoms with Gasteiger partial charge in [0.1, 0.15) is 5.58 Å². The van der Waals surface area contributed by atoms with Gasteiger partial charge < -0.3 is 9.73 Å². The molecular formula is C24H17NO4. The van der Waals surface area contributed by atoms with Crippen molar-refractivity contribution in [3.63, 3.8) is 0 Å². The van der Waals surface area contributed by atoms with Crippen LogP contribution in [0.3, 0.4) is 0 Å². The lowest BCUT2D eigenvalue weighted by Crippen LogP contribution is -2.12. The van der Waals surface area contributed by atoms with Gasteiger partial charge in [-0.1, -0.05) is 42.5 Å². The van der Waals surface area contributed by atoms with E-state index in [-0.39, 0.29) is 11.7 Å². The van der Waals surface area contributed by atoms with Gasteiger partial charge in [0.15, 0.2) is 5.78 Å². The third-order valence-electron chi connectivity index (χ3n) is 4.63. The fourth-order valence-corrected chi connectivity index (χ4v) is 3.08. The number of amides is 1. The van der Waals surface area contributed by atoms with E-state index in [1.807, 2.05) is 18.2 Å². The molecule has 29 heavy (non-hydrogen) atoms. The summed E-state index contributed by atoms with van der Waals surface area (Å²) in [6, 6.07) is 22.6. The summed E-state index contributed by atoms with van der Waals surface area (Å²) in [6.07, 6.45) is 0. The average Bonchev–Trinajstić information content (AvgIpc) is 2.73. The molecule has 0 saturated heterocycles. The molecule has 3 aromatic carbocycles. The van der Waals surface area contributed by atoms with Gasteiger partial charge in [0.2, 0.25) is 0 Å². The molecule has 0 fully saturated rings. The van der Waals surface area contributed by atoms with Crippen LogP contribution in [0.25, 0.3) is 22.1 Å². The largest absolute Gasteiger partial charge is 0.422 e. The summed E-state index contributed by atoms with van der Waals surface area (Å²) in [5, 5.41) is 3.60. The summed E-state index contributed by atoms with van der Waals surface area (Å²) in [7, 11) is 0. The molecule has 0 aliphatic heterocycles. The molecule has 4 aromatic rings. The lowest BCUT2D eigenvalue weighted by molar-refractivity contribution is 0.101. The first-order chi connectivity index (χ1) is 14.0. The second kappa shape index (κ2) is 7.56. The fraction of sp³-hybridized carbons (Fsp3) is 0.0417. The lowest BCUT2D eigenvalue weighted by Gasteiger charge is -2.07. The zero-order valence-corrected chi connectivity index (χ0v) is 15.6. The summed E-state index contributed by atoms with van der Waals surface area (Å²) in [5.41, 5.74) is 2.71. The number of carbonyl (C=O) groups excluding carboxylic acids is 2. The highest BCUT2D eigenvalue weighted by Gasteiger charge is 2.11. The Balaban J connectivity index is 1.59. The maximum absolute atomic E-state index is 12.5. The number of hydrogen-bond donors (Lipinski definition) is 1. The van der Waals surface area contributed by atoms with Gasteiger partial charge >= 0.3 is 5.63 Å². The first-order valence-electron chi connectivity index (χ1n) is 9.07. The van der Waals surface area contributed by atoms with E-state index in [1.165, 1.54) is 6.92 Å². The van der Waals surface area contributed by atoms with E-state index < -0.39 is 5.63 Å². The van der Waals surface area contributed by atoms with Crippen molar-refractivity contribution in [2.24, 2.45) is 0 Å². The molecule has 4 rings (SSSR count). The topological polar surface area (TPSA) is 76.4 Å². The zero-order valence-electron chi connectivity index (χ0n) is 15.6. The van der Waals surface area contributed by atoms with Crippen LogP contribution >= 0.6 is 0 Å². The highest BCUT2D eigenvalue weighted by atomic mass is 16.4. The predicted molar refractivity (Wildman–Crippen MR) is 112 cm³/mol. The highest BCUT2D eigenvalue weighted by Crippen LogP contribution is 2.22. The van der Waals surface area contributed by atoms with Gasteiger partial charge in [0.25, 0.3) is 5.91 Å². The third-order valence-corrected chi connectivity index (χ3v) is 4.63. The number of anilines is 1. The number of carbonyl (C=O) groups is 2. The molecule has 1 heterocycles. The van der Waals surface area contributed by atoms with E-state index >= 15 is 0 Å². The van der Waals surface area contributed by atoms with Gasteiger partial charge in [0.05, 0.1) is 5.56 Å². The van der Waals surface area contributed by atoms with E-state index in [4.69, 9.17) is 4.42 Å². The summed E-state index contributed by atoms with van der Waals surface area (Å²) >= 11 is 0. The smallest absolute Gasteiger partial charge is 0.344 e. The second-order valence-electron chi connectivity index (χ2n) is 6.65. The van der Waals surface area contributed by atoms with Crippen LogP contribution in [0.2, 0.25) is 0 Å². The van der Waals surface area contributed by atoms with Crippen molar-refractivity contribution < 1.29 is 14.0 Å². The molecule has 1 amide bonds. The van der Waals surface area contributed by atoms with Crippen molar-refractivity contribution in [1.29, 1.82) is 0 Å². The van der Waals surface area contributed by atoms with Gasteiger partial charge in [-0.05, 0) is 48.9 Å². The molecule has 0 bridgehead atoms. The monoisotopic (exact) mass is 383 g/mol. The number of ketones is 1. The van der Waals surface area contributed by atoms with E-state index in [2.05, 4.69) is 5.32 Å². The van der Waals surface area contributed by atoms with Crippen LogP contribution in [-0.4, -0.2) is 11.7 Å². The Morgan fingerprint density at radius 2 is 1.59 bits per heavy atom. The minimum atomic E-state index is -0.429. The molecule has 0 saturated carbocycles. The van der Waals surface area contributed by atoms with Gasteiger partial charge in [0, 0.05) is 22.2 Å². The van der Waals surface area contributed by atoms with E-state index in [0.717, 1.165) is 5.39 Å². The number of rotatable bonds is 4. The molecule has 0 aliphatic carbocycles. The van der Waals surface area contributed by atoms with Gasteiger partial charge in [-0.3, -0.25) is 9.59 Å². The second-order valence-corrected chi connectivity index (χ2v) is 6.65.